The van der Waals surface area contributed by atoms with E-state index in [0.717, 1.165) is 11.3 Å². The minimum atomic E-state index is -3.35. The number of rotatable bonds is 5. The molecule has 22 heavy (non-hydrogen) atoms. The lowest BCUT2D eigenvalue weighted by Gasteiger charge is -1.98. The summed E-state index contributed by atoms with van der Waals surface area (Å²) >= 11 is 1.09. The van der Waals surface area contributed by atoms with Gasteiger partial charge in [0.1, 0.15) is 12.1 Å². The fourth-order valence-corrected chi connectivity index (χ4v) is 4.37. The Hall–Kier alpha value is -2.49. The predicted octanol–water partition coefficient (Wildman–Crippen LogP) is 2.30. The number of nitrogens with one attached hydrogen (secondary N) is 1. The van der Waals surface area contributed by atoms with Gasteiger partial charge in [-0.25, -0.2) is 13.4 Å². The highest BCUT2D eigenvalue weighted by Crippen LogP contribution is 2.28. The van der Waals surface area contributed by atoms with Crippen molar-refractivity contribution in [2.24, 2.45) is 5.10 Å². The predicted molar refractivity (Wildman–Crippen MR) is 84.2 cm³/mol. The molecule has 0 aliphatic rings. The van der Waals surface area contributed by atoms with Crippen molar-refractivity contribution in [1.82, 2.24) is 4.98 Å². The molecule has 0 radical (unpaired) electrons. The summed E-state index contributed by atoms with van der Waals surface area (Å²) in [4.78, 5) is 4.13. The molecule has 9 heteroatoms. The van der Waals surface area contributed by atoms with Crippen molar-refractivity contribution in [1.29, 1.82) is 10.5 Å². The quantitative estimate of drug-likeness (QED) is 0.662. The minimum absolute atomic E-state index is 0.0654. The van der Waals surface area contributed by atoms with Crippen molar-refractivity contribution in [3.63, 3.8) is 0 Å². The van der Waals surface area contributed by atoms with Gasteiger partial charge in [-0.05, 0) is 24.6 Å². The van der Waals surface area contributed by atoms with E-state index in [2.05, 4.69) is 15.5 Å². The number of hydrogen-bond acceptors (Lipinski definition) is 8. The van der Waals surface area contributed by atoms with E-state index in [9.17, 15) is 8.42 Å². The first-order valence-corrected chi connectivity index (χ1v) is 8.74. The van der Waals surface area contributed by atoms with Gasteiger partial charge in [-0.1, -0.05) is 6.92 Å². The highest BCUT2D eigenvalue weighted by Gasteiger charge is 2.18. The number of nitrogens with zero attached hydrogens (tertiary/aromatic N) is 4. The lowest BCUT2D eigenvalue weighted by atomic mass is 10.3. The van der Waals surface area contributed by atoms with Gasteiger partial charge in [0.05, 0.1) is 21.7 Å². The zero-order valence-corrected chi connectivity index (χ0v) is 13.2. The Morgan fingerprint density at radius 3 is 2.77 bits per heavy atom. The van der Waals surface area contributed by atoms with Gasteiger partial charge in [-0.3, -0.25) is 5.43 Å². The van der Waals surface area contributed by atoms with E-state index in [1.54, 1.807) is 37.3 Å². The molecule has 112 valence electrons. The summed E-state index contributed by atoms with van der Waals surface area (Å²) in [7, 11) is -3.35. The summed E-state index contributed by atoms with van der Waals surface area (Å²) in [6, 6.07) is 8.25. The van der Waals surface area contributed by atoms with Crippen LogP contribution in [0.4, 0.5) is 5.69 Å². The van der Waals surface area contributed by atoms with Crippen LogP contribution in [0, 0.1) is 22.7 Å². The summed E-state index contributed by atoms with van der Waals surface area (Å²) in [6.07, 6.45) is 0.533. The van der Waals surface area contributed by atoms with Crippen molar-refractivity contribution >= 4 is 42.8 Å². The summed E-state index contributed by atoms with van der Waals surface area (Å²) in [5.74, 6) is 0.0654. The summed E-state index contributed by atoms with van der Waals surface area (Å²) < 4.78 is 24.8. The maximum absolute atomic E-state index is 12.0. The molecule has 7 nitrogen and oxygen atoms in total. The van der Waals surface area contributed by atoms with Crippen LogP contribution in [0.15, 0.2) is 27.6 Å². The maximum atomic E-state index is 12.0. The molecule has 1 aromatic heterocycles. The van der Waals surface area contributed by atoms with Crippen LogP contribution in [-0.2, 0) is 9.84 Å². The van der Waals surface area contributed by atoms with Crippen molar-refractivity contribution in [2.75, 3.05) is 11.2 Å². The number of hydrogen-bond donors (Lipinski definition) is 1. The van der Waals surface area contributed by atoms with Crippen LogP contribution in [0.1, 0.15) is 13.3 Å². The van der Waals surface area contributed by atoms with Crippen LogP contribution < -0.4 is 5.43 Å². The molecule has 1 N–H and O–H groups in total. The van der Waals surface area contributed by atoms with Crippen molar-refractivity contribution < 1.29 is 8.42 Å². The molecule has 1 heterocycles. The summed E-state index contributed by atoms with van der Waals surface area (Å²) in [5.41, 5.74) is 3.41. The fraction of sp³-hybridized carbons (Fsp3) is 0.231. The highest BCUT2D eigenvalue weighted by atomic mass is 32.2. The number of fused-ring (bicyclic) bond motifs is 1. The second-order valence-corrected chi connectivity index (χ2v) is 7.59. The molecule has 0 amide bonds. The van der Waals surface area contributed by atoms with Gasteiger partial charge in [0.2, 0.25) is 19.9 Å². The van der Waals surface area contributed by atoms with E-state index >= 15 is 0 Å². The normalized spacial score (nSPS) is 10.7. The number of anilines is 1. The Labute approximate surface area is 131 Å². The monoisotopic (exact) mass is 333 g/mol. The number of sulfone groups is 1. The van der Waals surface area contributed by atoms with Gasteiger partial charge in [-0.2, -0.15) is 15.6 Å². The average Bonchev–Trinajstić information content (AvgIpc) is 2.92. The third-order valence-corrected chi connectivity index (χ3v) is 6.01. The van der Waals surface area contributed by atoms with E-state index in [1.807, 2.05) is 0 Å². The first-order valence-electron chi connectivity index (χ1n) is 6.27. The molecule has 0 atom stereocenters. The van der Waals surface area contributed by atoms with Crippen LogP contribution in [0.5, 0.6) is 0 Å². The Bertz CT molecular complexity index is 900. The molecular weight excluding hydrogens is 322 g/mol. The Kier molecular flexibility index (Phi) is 4.71. The zero-order chi connectivity index (χ0) is 16.2. The largest absolute Gasteiger partial charge is 0.276 e. The third kappa shape index (κ3) is 3.39. The summed E-state index contributed by atoms with van der Waals surface area (Å²) in [5, 5.41) is 20.8. The van der Waals surface area contributed by atoms with Gasteiger partial charge in [0.15, 0.2) is 0 Å². The third-order valence-electron chi connectivity index (χ3n) is 2.62. The average molecular weight is 333 g/mol. The van der Waals surface area contributed by atoms with Gasteiger partial charge in [0.25, 0.3) is 0 Å². The van der Waals surface area contributed by atoms with Gasteiger partial charge < -0.3 is 0 Å². The topological polar surface area (TPSA) is 119 Å². The maximum Gasteiger partial charge on any atom is 0.237 e. The van der Waals surface area contributed by atoms with Crippen LogP contribution in [0.2, 0.25) is 0 Å². The zero-order valence-electron chi connectivity index (χ0n) is 11.6. The van der Waals surface area contributed by atoms with Crippen molar-refractivity contribution in [2.45, 2.75) is 17.7 Å². The van der Waals surface area contributed by atoms with Gasteiger partial charge in [0, 0.05) is 0 Å². The molecule has 0 unspecified atom stereocenters. The highest BCUT2D eigenvalue weighted by molar-refractivity contribution is 7.93. The van der Waals surface area contributed by atoms with Crippen LogP contribution >= 0.6 is 11.3 Å². The molecule has 0 saturated carbocycles. The van der Waals surface area contributed by atoms with Crippen LogP contribution in [-0.4, -0.2) is 24.9 Å². The smallest absolute Gasteiger partial charge is 0.237 e. The SMILES string of the molecule is CCCS(=O)(=O)c1nc2ccc(NN=C(C#N)C#N)cc2s1. The second kappa shape index (κ2) is 6.52. The Morgan fingerprint density at radius 1 is 1.41 bits per heavy atom. The molecule has 0 bridgehead atoms. The first kappa shape index (κ1) is 15.9. The first-order chi connectivity index (χ1) is 10.5. The standard InChI is InChI=1S/C13H11N5O2S2/c1-2-5-22(19,20)13-16-11-4-3-9(6-12(11)21-13)17-18-10(7-14)8-15/h3-4,6,17H,2,5H2,1H3. The minimum Gasteiger partial charge on any atom is -0.276 e. The molecule has 0 aliphatic carbocycles. The van der Waals surface area contributed by atoms with E-state index < -0.39 is 9.84 Å². The van der Waals surface area contributed by atoms with E-state index in [1.165, 1.54) is 0 Å². The summed E-state index contributed by atoms with van der Waals surface area (Å²) in [6.45, 7) is 1.80. The van der Waals surface area contributed by atoms with E-state index in [4.69, 9.17) is 10.5 Å². The molecule has 2 rings (SSSR count). The Morgan fingerprint density at radius 2 is 2.14 bits per heavy atom. The molecule has 0 fully saturated rings. The van der Waals surface area contributed by atoms with E-state index in [0.29, 0.717) is 22.3 Å². The molecule has 0 saturated heterocycles. The van der Waals surface area contributed by atoms with Gasteiger partial charge in [-0.15, -0.1) is 11.3 Å². The van der Waals surface area contributed by atoms with E-state index in [-0.39, 0.29) is 15.8 Å². The molecule has 0 spiro atoms. The lowest BCUT2D eigenvalue weighted by molar-refractivity contribution is 0.594. The number of hydrazone groups is 1. The Balaban J connectivity index is 2.35. The van der Waals surface area contributed by atoms with Gasteiger partial charge >= 0.3 is 0 Å². The molecule has 1 aromatic carbocycles. The van der Waals surface area contributed by atoms with Crippen molar-refractivity contribution in [3.8, 4) is 12.1 Å². The number of aromatic nitrogens is 1. The second-order valence-electron chi connectivity index (χ2n) is 4.28. The van der Waals surface area contributed by atoms with Crippen LogP contribution in [0.3, 0.4) is 0 Å². The number of nitriles is 2. The van der Waals surface area contributed by atoms with Crippen LogP contribution in [0.25, 0.3) is 10.2 Å². The lowest BCUT2D eigenvalue weighted by Crippen LogP contribution is -2.04. The molecule has 2 aromatic rings. The molecular formula is C13H11N5O2S2. The number of thiazole rings is 1. The van der Waals surface area contributed by atoms with Crippen molar-refractivity contribution in [3.05, 3.63) is 18.2 Å². The fourth-order valence-electron chi connectivity index (χ4n) is 1.66. The number of benzene rings is 1. The molecule has 0 aliphatic heterocycles.